The number of ether oxygens (including phenoxy) is 2. The van der Waals surface area contributed by atoms with Crippen LogP contribution in [0.3, 0.4) is 0 Å². The third-order valence-electron chi connectivity index (χ3n) is 3.60. The molecule has 20 heavy (non-hydrogen) atoms. The first-order valence-electron chi connectivity index (χ1n) is 7.40. The lowest BCUT2D eigenvalue weighted by atomic mass is 9.91. The van der Waals surface area contributed by atoms with Crippen molar-refractivity contribution in [2.24, 2.45) is 5.92 Å². The average molecular weight is 279 g/mol. The second-order valence-electron chi connectivity index (χ2n) is 5.60. The van der Waals surface area contributed by atoms with Crippen LogP contribution >= 0.6 is 0 Å². The standard InChI is InChI=1S/C17H29NO2/c1-7-18-15(9-13(3)11-19-5)17-14(4)8-12(2)10-16(17)20-6/h8,10,13,15,18H,7,9,11H2,1-6H3. The molecule has 3 heteroatoms. The van der Waals surface area contributed by atoms with E-state index in [4.69, 9.17) is 9.47 Å². The number of aryl methyl sites for hydroxylation is 2. The molecule has 3 nitrogen and oxygen atoms in total. The van der Waals surface area contributed by atoms with E-state index >= 15 is 0 Å². The lowest BCUT2D eigenvalue weighted by molar-refractivity contribution is 0.149. The molecule has 1 aromatic carbocycles. The zero-order valence-corrected chi connectivity index (χ0v) is 13.7. The summed E-state index contributed by atoms with van der Waals surface area (Å²) in [5.74, 6) is 1.49. The largest absolute Gasteiger partial charge is 0.496 e. The molecule has 0 spiro atoms. The van der Waals surface area contributed by atoms with Crippen molar-refractivity contribution in [3.8, 4) is 5.75 Å². The van der Waals surface area contributed by atoms with Crippen LogP contribution in [-0.4, -0.2) is 27.4 Å². The van der Waals surface area contributed by atoms with Crippen molar-refractivity contribution in [2.75, 3.05) is 27.4 Å². The molecule has 0 saturated heterocycles. The van der Waals surface area contributed by atoms with Crippen LogP contribution in [-0.2, 0) is 4.74 Å². The number of benzene rings is 1. The minimum atomic E-state index is 0.306. The van der Waals surface area contributed by atoms with Gasteiger partial charge in [-0.25, -0.2) is 0 Å². The highest BCUT2D eigenvalue weighted by Crippen LogP contribution is 2.33. The number of hydrogen-bond acceptors (Lipinski definition) is 3. The molecule has 0 aliphatic heterocycles. The quantitative estimate of drug-likeness (QED) is 0.788. The molecule has 0 amide bonds. The Morgan fingerprint density at radius 1 is 1.20 bits per heavy atom. The molecule has 0 aliphatic carbocycles. The average Bonchev–Trinajstić information content (AvgIpc) is 2.37. The van der Waals surface area contributed by atoms with Crippen molar-refractivity contribution in [3.63, 3.8) is 0 Å². The molecule has 1 rings (SSSR count). The number of methoxy groups -OCH3 is 2. The molecule has 0 heterocycles. The van der Waals surface area contributed by atoms with E-state index in [-0.39, 0.29) is 0 Å². The summed E-state index contributed by atoms with van der Waals surface area (Å²) in [4.78, 5) is 0. The van der Waals surface area contributed by atoms with Gasteiger partial charge in [-0.3, -0.25) is 0 Å². The SMILES string of the molecule is CCNC(CC(C)COC)c1c(C)cc(C)cc1OC. The Balaban J connectivity index is 3.07. The molecule has 0 fully saturated rings. The van der Waals surface area contributed by atoms with Crippen LogP contribution in [0.15, 0.2) is 12.1 Å². The maximum Gasteiger partial charge on any atom is 0.124 e. The highest BCUT2D eigenvalue weighted by atomic mass is 16.5. The van der Waals surface area contributed by atoms with Crippen molar-refractivity contribution >= 4 is 0 Å². The lowest BCUT2D eigenvalue weighted by Crippen LogP contribution is -2.25. The summed E-state index contributed by atoms with van der Waals surface area (Å²) < 4.78 is 10.9. The number of nitrogens with one attached hydrogen (secondary N) is 1. The van der Waals surface area contributed by atoms with Crippen LogP contribution < -0.4 is 10.1 Å². The Bertz CT molecular complexity index is 418. The van der Waals surface area contributed by atoms with Crippen LogP contribution in [0.2, 0.25) is 0 Å². The lowest BCUT2D eigenvalue weighted by Gasteiger charge is -2.25. The fourth-order valence-electron chi connectivity index (χ4n) is 2.86. The van der Waals surface area contributed by atoms with Gasteiger partial charge in [0.2, 0.25) is 0 Å². The van der Waals surface area contributed by atoms with Gasteiger partial charge < -0.3 is 14.8 Å². The van der Waals surface area contributed by atoms with Crippen LogP contribution in [0.1, 0.15) is 43.0 Å². The van der Waals surface area contributed by atoms with E-state index in [2.05, 4.69) is 45.1 Å². The minimum Gasteiger partial charge on any atom is -0.496 e. The summed E-state index contributed by atoms with van der Waals surface area (Å²) in [6.45, 7) is 10.4. The normalized spacial score (nSPS) is 14.1. The van der Waals surface area contributed by atoms with Crippen molar-refractivity contribution in [3.05, 3.63) is 28.8 Å². The summed E-state index contributed by atoms with van der Waals surface area (Å²) in [5.41, 5.74) is 3.81. The minimum absolute atomic E-state index is 0.306. The number of rotatable bonds is 8. The van der Waals surface area contributed by atoms with Crippen molar-refractivity contribution in [1.82, 2.24) is 5.32 Å². The Hall–Kier alpha value is -1.06. The molecule has 0 aromatic heterocycles. The smallest absolute Gasteiger partial charge is 0.124 e. The van der Waals surface area contributed by atoms with E-state index in [0.29, 0.717) is 12.0 Å². The zero-order valence-electron chi connectivity index (χ0n) is 13.7. The van der Waals surface area contributed by atoms with E-state index in [9.17, 15) is 0 Å². The van der Waals surface area contributed by atoms with Gasteiger partial charge in [0.05, 0.1) is 7.11 Å². The summed E-state index contributed by atoms with van der Waals surface area (Å²) >= 11 is 0. The van der Waals surface area contributed by atoms with Gasteiger partial charge in [0.1, 0.15) is 5.75 Å². The maximum absolute atomic E-state index is 5.60. The molecule has 0 saturated carbocycles. The first kappa shape index (κ1) is 17.0. The predicted octanol–water partition coefficient (Wildman–Crippen LogP) is 3.64. The molecule has 0 bridgehead atoms. The molecule has 1 N–H and O–H groups in total. The molecule has 114 valence electrons. The van der Waals surface area contributed by atoms with Crippen molar-refractivity contribution in [2.45, 2.75) is 40.2 Å². The third-order valence-corrected chi connectivity index (χ3v) is 3.60. The maximum atomic E-state index is 5.60. The van der Waals surface area contributed by atoms with Crippen LogP contribution in [0.4, 0.5) is 0 Å². The molecular formula is C17H29NO2. The van der Waals surface area contributed by atoms with Crippen molar-refractivity contribution < 1.29 is 9.47 Å². The van der Waals surface area contributed by atoms with Crippen LogP contribution in [0.25, 0.3) is 0 Å². The highest BCUT2D eigenvalue weighted by Gasteiger charge is 2.20. The molecule has 0 radical (unpaired) electrons. The second kappa shape index (κ2) is 8.28. The highest BCUT2D eigenvalue weighted by molar-refractivity contribution is 5.45. The van der Waals surface area contributed by atoms with Crippen LogP contribution in [0, 0.1) is 19.8 Å². The summed E-state index contributed by atoms with van der Waals surface area (Å²) in [7, 11) is 3.51. The summed E-state index contributed by atoms with van der Waals surface area (Å²) in [6, 6.07) is 4.65. The van der Waals surface area contributed by atoms with E-state index < -0.39 is 0 Å². The Morgan fingerprint density at radius 3 is 2.45 bits per heavy atom. The van der Waals surface area contributed by atoms with Gasteiger partial charge in [0.15, 0.2) is 0 Å². The van der Waals surface area contributed by atoms with Crippen molar-refractivity contribution in [1.29, 1.82) is 0 Å². The fraction of sp³-hybridized carbons (Fsp3) is 0.647. The summed E-state index contributed by atoms with van der Waals surface area (Å²) in [5, 5.41) is 3.59. The molecule has 1 aromatic rings. The van der Waals surface area contributed by atoms with Gasteiger partial charge in [0.25, 0.3) is 0 Å². The third kappa shape index (κ3) is 4.50. The first-order valence-corrected chi connectivity index (χ1v) is 7.40. The predicted molar refractivity (Wildman–Crippen MR) is 84.5 cm³/mol. The fourth-order valence-corrected chi connectivity index (χ4v) is 2.86. The zero-order chi connectivity index (χ0) is 15.1. The second-order valence-corrected chi connectivity index (χ2v) is 5.60. The van der Waals surface area contributed by atoms with E-state index in [1.807, 2.05) is 0 Å². The molecular weight excluding hydrogens is 250 g/mol. The monoisotopic (exact) mass is 279 g/mol. The van der Waals surface area contributed by atoms with Gasteiger partial charge in [0, 0.05) is 25.3 Å². The molecule has 2 atom stereocenters. The Morgan fingerprint density at radius 2 is 1.90 bits per heavy atom. The first-order chi connectivity index (χ1) is 9.53. The van der Waals surface area contributed by atoms with Gasteiger partial charge in [-0.2, -0.15) is 0 Å². The number of hydrogen-bond donors (Lipinski definition) is 1. The topological polar surface area (TPSA) is 30.5 Å². The van der Waals surface area contributed by atoms with Gasteiger partial charge in [-0.15, -0.1) is 0 Å². The summed E-state index contributed by atoms with van der Waals surface area (Å²) in [6.07, 6.45) is 1.04. The Labute approximate surface area is 123 Å². The molecule has 0 aliphatic rings. The van der Waals surface area contributed by atoms with E-state index in [1.165, 1.54) is 16.7 Å². The van der Waals surface area contributed by atoms with E-state index in [1.54, 1.807) is 14.2 Å². The van der Waals surface area contributed by atoms with Gasteiger partial charge >= 0.3 is 0 Å². The van der Waals surface area contributed by atoms with Gasteiger partial charge in [-0.1, -0.05) is 19.9 Å². The molecule has 2 unspecified atom stereocenters. The van der Waals surface area contributed by atoms with E-state index in [0.717, 1.165) is 25.3 Å². The Kier molecular flexibility index (Phi) is 7.03. The van der Waals surface area contributed by atoms with Crippen LogP contribution in [0.5, 0.6) is 5.75 Å². The van der Waals surface area contributed by atoms with Gasteiger partial charge in [-0.05, 0) is 49.9 Å².